The van der Waals surface area contributed by atoms with Gasteiger partial charge >= 0.3 is 12.1 Å². The molecule has 0 aliphatic carbocycles. The van der Waals surface area contributed by atoms with E-state index in [9.17, 15) is 9.59 Å². The van der Waals surface area contributed by atoms with Crippen molar-refractivity contribution in [2.24, 2.45) is 0 Å². The molecule has 1 aromatic carbocycles. The predicted octanol–water partition coefficient (Wildman–Crippen LogP) is 2.78. The second-order valence-electron chi connectivity index (χ2n) is 6.13. The maximum absolute atomic E-state index is 11.9. The average molecular weight is 307 g/mol. The molecule has 6 heteroatoms. The first kappa shape index (κ1) is 16.3. The van der Waals surface area contributed by atoms with E-state index in [1.807, 2.05) is 6.07 Å². The zero-order valence-electron chi connectivity index (χ0n) is 13.1. The lowest BCUT2D eigenvalue weighted by Crippen LogP contribution is -2.30. The van der Waals surface area contributed by atoms with Crippen LogP contribution in [-0.2, 0) is 14.3 Å². The number of carbonyl (C=O) groups is 2. The molecule has 1 aliphatic rings. The molecule has 22 heavy (non-hydrogen) atoms. The van der Waals surface area contributed by atoms with E-state index in [1.54, 1.807) is 45.0 Å². The zero-order valence-corrected chi connectivity index (χ0v) is 13.1. The van der Waals surface area contributed by atoms with Crippen LogP contribution in [0.25, 0.3) is 0 Å². The Balaban J connectivity index is 1.78. The smallest absolute Gasteiger partial charge is 0.429 e. The third-order valence-electron chi connectivity index (χ3n) is 2.98. The van der Waals surface area contributed by atoms with Crippen molar-refractivity contribution in [2.75, 3.05) is 13.1 Å². The van der Waals surface area contributed by atoms with Crippen LogP contribution in [0.3, 0.4) is 0 Å². The lowest BCUT2D eigenvalue weighted by atomic mass is 10.2. The SMILES string of the molecule is CC(C)(C)OC(=O)O[C@@H]1CCN(OC(=O)c2ccccc2)C1. The minimum absolute atomic E-state index is 0.335. The minimum Gasteiger partial charge on any atom is -0.429 e. The van der Waals surface area contributed by atoms with E-state index in [0.29, 0.717) is 25.1 Å². The summed E-state index contributed by atoms with van der Waals surface area (Å²) in [6.45, 7) is 6.19. The van der Waals surface area contributed by atoms with Crippen molar-refractivity contribution in [1.29, 1.82) is 0 Å². The monoisotopic (exact) mass is 307 g/mol. The Morgan fingerprint density at radius 2 is 1.86 bits per heavy atom. The van der Waals surface area contributed by atoms with Crippen LogP contribution in [0.2, 0.25) is 0 Å². The van der Waals surface area contributed by atoms with Gasteiger partial charge in [0.2, 0.25) is 0 Å². The summed E-state index contributed by atoms with van der Waals surface area (Å²) in [4.78, 5) is 28.8. The van der Waals surface area contributed by atoms with Crippen molar-refractivity contribution in [3.05, 3.63) is 35.9 Å². The number of ether oxygens (including phenoxy) is 2. The van der Waals surface area contributed by atoms with Gasteiger partial charge in [-0.2, -0.15) is 0 Å². The van der Waals surface area contributed by atoms with Gasteiger partial charge < -0.3 is 14.3 Å². The molecule has 0 bridgehead atoms. The number of benzene rings is 1. The molecule has 2 rings (SSSR count). The second kappa shape index (κ2) is 6.79. The number of carbonyl (C=O) groups excluding carboxylic acids is 2. The van der Waals surface area contributed by atoms with Crippen molar-refractivity contribution in [2.45, 2.75) is 38.9 Å². The molecule has 0 saturated carbocycles. The maximum atomic E-state index is 11.9. The standard InChI is InChI=1S/C16H21NO5/c1-16(2,3)21-15(19)20-13-9-10-17(11-13)22-14(18)12-7-5-4-6-8-12/h4-8,13H,9-11H2,1-3H3/t13-/m1/s1. The summed E-state index contributed by atoms with van der Waals surface area (Å²) < 4.78 is 10.3. The molecule has 1 atom stereocenters. The molecule has 0 amide bonds. The molecule has 0 unspecified atom stereocenters. The number of hydrogen-bond acceptors (Lipinski definition) is 6. The summed E-state index contributed by atoms with van der Waals surface area (Å²) in [5.74, 6) is -0.418. The molecule has 1 aliphatic heterocycles. The Morgan fingerprint density at radius 3 is 2.50 bits per heavy atom. The number of hydroxylamine groups is 2. The second-order valence-corrected chi connectivity index (χ2v) is 6.13. The molecule has 0 N–H and O–H groups in total. The van der Waals surface area contributed by atoms with E-state index < -0.39 is 17.7 Å². The van der Waals surface area contributed by atoms with Crippen molar-refractivity contribution in [3.8, 4) is 0 Å². The quantitative estimate of drug-likeness (QED) is 0.800. The minimum atomic E-state index is -0.700. The van der Waals surface area contributed by atoms with E-state index in [-0.39, 0.29) is 6.10 Å². The Bertz CT molecular complexity index is 523. The summed E-state index contributed by atoms with van der Waals surface area (Å²) in [7, 11) is 0. The molecule has 0 spiro atoms. The Morgan fingerprint density at radius 1 is 1.18 bits per heavy atom. The molecule has 1 saturated heterocycles. The van der Waals surface area contributed by atoms with Crippen molar-refractivity contribution in [1.82, 2.24) is 5.06 Å². The first-order chi connectivity index (χ1) is 10.3. The van der Waals surface area contributed by atoms with Crippen LogP contribution >= 0.6 is 0 Å². The van der Waals surface area contributed by atoms with Crippen molar-refractivity contribution >= 4 is 12.1 Å². The fourth-order valence-corrected chi connectivity index (χ4v) is 2.03. The van der Waals surface area contributed by atoms with Gasteiger partial charge in [0.15, 0.2) is 0 Å². The van der Waals surface area contributed by atoms with Crippen LogP contribution in [0.1, 0.15) is 37.6 Å². The highest BCUT2D eigenvalue weighted by molar-refractivity contribution is 5.89. The van der Waals surface area contributed by atoms with E-state index in [0.717, 1.165) is 0 Å². The summed E-state index contributed by atoms with van der Waals surface area (Å²) in [6.07, 6.45) is -0.437. The Hall–Kier alpha value is -2.08. The third-order valence-corrected chi connectivity index (χ3v) is 2.98. The third kappa shape index (κ3) is 5.04. The molecule has 1 heterocycles. The summed E-state index contributed by atoms with van der Waals surface area (Å²) in [5, 5.41) is 1.50. The first-order valence-corrected chi connectivity index (χ1v) is 7.25. The van der Waals surface area contributed by atoms with Crippen LogP contribution in [0.15, 0.2) is 30.3 Å². The highest BCUT2D eigenvalue weighted by Crippen LogP contribution is 2.17. The Labute approximate surface area is 129 Å². The van der Waals surface area contributed by atoms with Gasteiger partial charge in [-0.05, 0) is 32.9 Å². The van der Waals surface area contributed by atoms with Crippen molar-refractivity contribution in [3.63, 3.8) is 0 Å². The largest absolute Gasteiger partial charge is 0.509 e. The van der Waals surface area contributed by atoms with Crippen molar-refractivity contribution < 1.29 is 23.9 Å². The van der Waals surface area contributed by atoms with Crippen LogP contribution in [0, 0.1) is 0 Å². The van der Waals surface area contributed by atoms with Gasteiger partial charge in [0.05, 0.1) is 12.1 Å². The fraction of sp³-hybridized carbons (Fsp3) is 0.500. The van der Waals surface area contributed by atoms with Crippen LogP contribution < -0.4 is 0 Å². The molecule has 0 aromatic heterocycles. The lowest BCUT2D eigenvalue weighted by molar-refractivity contribution is -0.101. The van der Waals surface area contributed by atoms with Crippen LogP contribution in [0.4, 0.5) is 4.79 Å². The van der Waals surface area contributed by atoms with Gasteiger partial charge in [-0.25, -0.2) is 9.59 Å². The van der Waals surface area contributed by atoms with Gasteiger partial charge in [0.25, 0.3) is 0 Å². The highest BCUT2D eigenvalue weighted by atomic mass is 16.7. The van der Waals surface area contributed by atoms with Gasteiger partial charge in [0.1, 0.15) is 11.7 Å². The molecule has 0 radical (unpaired) electrons. The van der Waals surface area contributed by atoms with Gasteiger partial charge in [-0.1, -0.05) is 18.2 Å². The first-order valence-electron chi connectivity index (χ1n) is 7.25. The summed E-state index contributed by atoms with van der Waals surface area (Å²) in [6, 6.07) is 8.75. The van der Waals surface area contributed by atoms with E-state index in [2.05, 4.69) is 0 Å². The Kier molecular flexibility index (Phi) is 5.03. The number of nitrogens with zero attached hydrogens (tertiary/aromatic N) is 1. The van der Waals surface area contributed by atoms with Gasteiger partial charge in [0, 0.05) is 13.0 Å². The summed E-state index contributed by atoms with van der Waals surface area (Å²) in [5.41, 5.74) is -0.103. The lowest BCUT2D eigenvalue weighted by Gasteiger charge is -2.21. The molecule has 1 fully saturated rings. The molecule has 6 nitrogen and oxygen atoms in total. The zero-order chi connectivity index (χ0) is 16.2. The van der Waals surface area contributed by atoms with E-state index in [4.69, 9.17) is 14.3 Å². The fourth-order valence-electron chi connectivity index (χ4n) is 2.03. The molecule has 120 valence electrons. The topological polar surface area (TPSA) is 65.1 Å². The average Bonchev–Trinajstić information content (AvgIpc) is 2.84. The maximum Gasteiger partial charge on any atom is 0.509 e. The molecular formula is C16H21NO5. The number of rotatable bonds is 3. The highest BCUT2D eigenvalue weighted by Gasteiger charge is 2.30. The predicted molar refractivity (Wildman–Crippen MR) is 79.2 cm³/mol. The van der Waals surface area contributed by atoms with Gasteiger partial charge in [-0.15, -0.1) is 5.06 Å². The molecule has 1 aromatic rings. The van der Waals surface area contributed by atoms with Crippen LogP contribution in [-0.4, -0.2) is 42.0 Å². The summed E-state index contributed by atoms with van der Waals surface area (Å²) >= 11 is 0. The number of hydrogen-bond donors (Lipinski definition) is 0. The van der Waals surface area contributed by atoms with Crippen LogP contribution in [0.5, 0.6) is 0 Å². The van der Waals surface area contributed by atoms with E-state index in [1.165, 1.54) is 5.06 Å². The molecular weight excluding hydrogens is 286 g/mol. The van der Waals surface area contributed by atoms with E-state index >= 15 is 0 Å². The van der Waals surface area contributed by atoms with Gasteiger partial charge in [-0.3, -0.25) is 0 Å². The normalized spacial score (nSPS) is 18.8.